The average molecular weight is 302 g/mol. The van der Waals surface area contributed by atoms with Crippen LogP contribution in [0.4, 0.5) is 13.2 Å². The molecule has 0 heterocycles. The van der Waals surface area contributed by atoms with Crippen LogP contribution in [0.1, 0.15) is 43.6 Å². The van der Waals surface area contributed by atoms with Gasteiger partial charge < -0.3 is 9.84 Å². The monoisotopic (exact) mass is 302 g/mol. The molecule has 1 N–H and O–H groups in total. The molecule has 1 atom stereocenters. The zero-order valence-corrected chi connectivity index (χ0v) is 12.1. The Bertz CT molecular complexity index is 437. The molecule has 0 aromatic heterocycles. The van der Waals surface area contributed by atoms with Crippen LogP contribution in [0.3, 0.4) is 0 Å². The van der Waals surface area contributed by atoms with Crippen molar-refractivity contribution in [1.29, 1.82) is 0 Å². The van der Waals surface area contributed by atoms with Gasteiger partial charge in [-0.25, -0.2) is 13.2 Å². The summed E-state index contributed by atoms with van der Waals surface area (Å²) in [5, 5.41) is 9.05. The van der Waals surface area contributed by atoms with E-state index in [2.05, 4.69) is 0 Å². The van der Waals surface area contributed by atoms with Gasteiger partial charge in [-0.2, -0.15) is 0 Å². The first-order chi connectivity index (χ1) is 9.92. The number of rotatable bonds is 5. The van der Waals surface area contributed by atoms with Crippen LogP contribution >= 0.6 is 0 Å². The zero-order valence-electron chi connectivity index (χ0n) is 12.1. The van der Waals surface area contributed by atoms with Gasteiger partial charge in [0.25, 0.3) is 12.3 Å². The normalized spacial score (nSPS) is 25.6. The van der Waals surface area contributed by atoms with Gasteiger partial charge in [0.1, 0.15) is 5.75 Å². The summed E-state index contributed by atoms with van der Waals surface area (Å²) in [5.41, 5.74) is 1.19. The molecule has 0 bridgehead atoms. The predicted molar refractivity (Wildman–Crippen MR) is 74.4 cm³/mol. The standard InChI is InChI=1S/C16H21F3O2/c1-21-14-8-6-13(7-9-14)12-4-2-11(3-5-12)10-16(19,20)15(17)18/h6-9,11-12,15,20H,2-5,10H2,1H3. The number of benzene rings is 1. The smallest absolute Gasteiger partial charge is 0.296 e. The molecule has 1 aromatic carbocycles. The minimum Gasteiger partial charge on any atom is -0.497 e. The van der Waals surface area contributed by atoms with Gasteiger partial charge in [-0.3, -0.25) is 0 Å². The Hall–Kier alpha value is -1.23. The summed E-state index contributed by atoms with van der Waals surface area (Å²) in [5.74, 6) is -2.36. The summed E-state index contributed by atoms with van der Waals surface area (Å²) in [6.07, 6.45) is -0.824. The lowest BCUT2D eigenvalue weighted by molar-refractivity contribution is -0.198. The predicted octanol–water partition coefficient (Wildman–Crippen LogP) is 4.28. The maximum atomic E-state index is 13.3. The fraction of sp³-hybridized carbons (Fsp3) is 0.625. The lowest BCUT2D eigenvalue weighted by atomic mass is 9.76. The van der Waals surface area contributed by atoms with Crippen molar-refractivity contribution in [2.24, 2.45) is 5.92 Å². The number of aliphatic hydroxyl groups is 1. The molecule has 1 aliphatic rings. The molecule has 2 rings (SSSR count). The van der Waals surface area contributed by atoms with Gasteiger partial charge >= 0.3 is 0 Å². The topological polar surface area (TPSA) is 29.5 Å². The third-order valence-electron chi connectivity index (χ3n) is 4.34. The number of alkyl halides is 3. The van der Waals surface area contributed by atoms with E-state index in [9.17, 15) is 13.2 Å². The van der Waals surface area contributed by atoms with Gasteiger partial charge in [0, 0.05) is 6.42 Å². The average Bonchev–Trinajstić information content (AvgIpc) is 2.48. The molecule has 1 fully saturated rings. The minimum atomic E-state index is -3.35. The molecule has 118 valence electrons. The summed E-state index contributed by atoms with van der Waals surface area (Å²) in [6.45, 7) is 0. The highest BCUT2D eigenvalue weighted by Crippen LogP contribution is 2.40. The second-order valence-corrected chi connectivity index (χ2v) is 5.81. The van der Waals surface area contributed by atoms with E-state index in [1.165, 1.54) is 5.56 Å². The second-order valence-electron chi connectivity index (χ2n) is 5.81. The maximum Gasteiger partial charge on any atom is 0.296 e. The Labute approximate surface area is 122 Å². The number of ether oxygens (including phenoxy) is 1. The van der Waals surface area contributed by atoms with E-state index in [0.29, 0.717) is 18.8 Å². The van der Waals surface area contributed by atoms with E-state index in [1.807, 2.05) is 24.3 Å². The highest BCUT2D eigenvalue weighted by atomic mass is 19.3. The van der Waals surface area contributed by atoms with Gasteiger partial charge in [0.15, 0.2) is 0 Å². The number of hydrogen-bond donors (Lipinski definition) is 1. The van der Waals surface area contributed by atoms with E-state index >= 15 is 0 Å². The molecular formula is C16H21F3O2. The van der Waals surface area contributed by atoms with Crippen LogP contribution < -0.4 is 4.74 Å². The number of methoxy groups -OCH3 is 1. The summed E-state index contributed by atoms with van der Waals surface area (Å²) >= 11 is 0. The van der Waals surface area contributed by atoms with Crippen LogP contribution in [0.25, 0.3) is 0 Å². The molecule has 21 heavy (non-hydrogen) atoms. The van der Waals surface area contributed by atoms with Crippen molar-refractivity contribution in [2.75, 3.05) is 7.11 Å². The Morgan fingerprint density at radius 3 is 2.24 bits per heavy atom. The first kappa shape index (κ1) is 16.1. The lowest BCUT2D eigenvalue weighted by Gasteiger charge is -2.31. The fourth-order valence-corrected chi connectivity index (χ4v) is 3.07. The van der Waals surface area contributed by atoms with Crippen molar-refractivity contribution in [3.63, 3.8) is 0 Å². The summed E-state index contributed by atoms with van der Waals surface area (Å²) in [4.78, 5) is 0. The molecule has 5 heteroatoms. The summed E-state index contributed by atoms with van der Waals surface area (Å²) in [7, 11) is 1.61. The van der Waals surface area contributed by atoms with Crippen molar-refractivity contribution in [3.05, 3.63) is 29.8 Å². The quantitative estimate of drug-likeness (QED) is 0.879. The molecule has 0 amide bonds. The van der Waals surface area contributed by atoms with Gasteiger partial charge in [-0.15, -0.1) is 0 Å². The van der Waals surface area contributed by atoms with Crippen molar-refractivity contribution in [3.8, 4) is 5.75 Å². The van der Waals surface area contributed by atoms with Crippen molar-refractivity contribution in [1.82, 2.24) is 0 Å². The molecule has 1 aromatic rings. The molecule has 2 nitrogen and oxygen atoms in total. The van der Waals surface area contributed by atoms with Crippen LogP contribution in [0.2, 0.25) is 0 Å². The van der Waals surface area contributed by atoms with Crippen LogP contribution in [-0.2, 0) is 0 Å². The van der Waals surface area contributed by atoms with E-state index in [-0.39, 0.29) is 5.92 Å². The van der Waals surface area contributed by atoms with E-state index in [0.717, 1.165) is 18.6 Å². The van der Waals surface area contributed by atoms with Crippen LogP contribution in [-0.4, -0.2) is 24.5 Å². The van der Waals surface area contributed by atoms with E-state index in [4.69, 9.17) is 9.84 Å². The Balaban J connectivity index is 1.88. The molecule has 0 spiro atoms. The summed E-state index contributed by atoms with van der Waals surface area (Å²) < 4.78 is 43.1. The first-order valence-corrected chi connectivity index (χ1v) is 7.25. The third kappa shape index (κ3) is 4.13. The van der Waals surface area contributed by atoms with Crippen LogP contribution in [0.15, 0.2) is 24.3 Å². The number of hydrogen-bond acceptors (Lipinski definition) is 2. The number of halogens is 3. The van der Waals surface area contributed by atoms with Crippen molar-refractivity contribution in [2.45, 2.75) is 50.3 Å². The fourth-order valence-electron chi connectivity index (χ4n) is 3.07. The highest BCUT2D eigenvalue weighted by molar-refractivity contribution is 5.29. The van der Waals surface area contributed by atoms with Gasteiger partial charge in [0.2, 0.25) is 0 Å². The van der Waals surface area contributed by atoms with Crippen molar-refractivity contribution < 1.29 is 23.0 Å². The first-order valence-electron chi connectivity index (χ1n) is 7.25. The molecule has 0 radical (unpaired) electrons. The van der Waals surface area contributed by atoms with Crippen LogP contribution in [0.5, 0.6) is 5.75 Å². The Morgan fingerprint density at radius 2 is 1.76 bits per heavy atom. The third-order valence-corrected chi connectivity index (χ3v) is 4.34. The SMILES string of the molecule is COc1ccc(C2CCC(CC(O)(F)C(F)F)CC2)cc1. The molecule has 1 saturated carbocycles. The van der Waals surface area contributed by atoms with E-state index < -0.39 is 18.7 Å². The lowest BCUT2D eigenvalue weighted by Crippen LogP contribution is -2.35. The van der Waals surface area contributed by atoms with Crippen LogP contribution in [0, 0.1) is 5.92 Å². The molecule has 0 saturated heterocycles. The minimum absolute atomic E-state index is 0.177. The Morgan fingerprint density at radius 1 is 1.19 bits per heavy atom. The highest BCUT2D eigenvalue weighted by Gasteiger charge is 2.40. The molecule has 1 aliphatic carbocycles. The molecule has 1 unspecified atom stereocenters. The van der Waals surface area contributed by atoms with Gasteiger partial charge in [-0.1, -0.05) is 12.1 Å². The molecular weight excluding hydrogens is 281 g/mol. The van der Waals surface area contributed by atoms with E-state index in [1.54, 1.807) is 7.11 Å². The van der Waals surface area contributed by atoms with Gasteiger partial charge in [-0.05, 0) is 55.2 Å². The van der Waals surface area contributed by atoms with Gasteiger partial charge in [0.05, 0.1) is 7.11 Å². The Kier molecular flexibility index (Phi) is 5.14. The maximum absolute atomic E-state index is 13.3. The molecule has 0 aliphatic heterocycles. The zero-order chi connectivity index (χ0) is 15.5. The van der Waals surface area contributed by atoms with Crippen molar-refractivity contribution >= 4 is 0 Å². The summed E-state index contributed by atoms with van der Waals surface area (Å²) in [6, 6.07) is 7.82. The largest absolute Gasteiger partial charge is 0.497 e. The second kappa shape index (κ2) is 6.69.